The SMILES string of the molecule is C=CCn1c(COc2cc(C)ccc2Cl)nnc1SCC(=O)Nc1ccc([N+](=O)[O-])cc1. The van der Waals surface area contributed by atoms with Crippen LogP contribution in [0.25, 0.3) is 0 Å². The van der Waals surface area contributed by atoms with Crippen molar-refractivity contribution in [2.75, 3.05) is 11.1 Å². The quantitative estimate of drug-likeness (QED) is 0.197. The van der Waals surface area contributed by atoms with E-state index in [2.05, 4.69) is 22.1 Å². The molecule has 0 aliphatic rings. The average Bonchev–Trinajstić information content (AvgIpc) is 3.15. The van der Waals surface area contributed by atoms with Crippen LogP contribution in [0.3, 0.4) is 0 Å². The number of rotatable bonds is 10. The van der Waals surface area contributed by atoms with Gasteiger partial charge in [0.1, 0.15) is 12.4 Å². The maximum atomic E-state index is 12.3. The number of ether oxygens (including phenoxy) is 1. The van der Waals surface area contributed by atoms with Gasteiger partial charge in [-0.05, 0) is 36.8 Å². The van der Waals surface area contributed by atoms with Gasteiger partial charge in [-0.3, -0.25) is 19.5 Å². The third-order valence-electron chi connectivity index (χ3n) is 4.24. The first-order valence-electron chi connectivity index (χ1n) is 9.46. The van der Waals surface area contributed by atoms with Crippen LogP contribution in [0.1, 0.15) is 11.4 Å². The molecular weight excluding hydrogens is 454 g/mol. The molecule has 166 valence electrons. The van der Waals surface area contributed by atoms with Gasteiger partial charge in [-0.25, -0.2) is 0 Å². The molecule has 32 heavy (non-hydrogen) atoms. The van der Waals surface area contributed by atoms with E-state index in [0.29, 0.717) is 34.0 Å². The molecule has 1 aromatic heterocycles. The van der Waals surface area contributed by atoms with E-state index in [1.807, 2.05) is 19.1 Å². The zero-order valence-corrected chi connectivity index (χ0v) is 18.7. The van der Waals surface area contributed by atoms with Gasteiger partial charge in [0.05, 0.1) is 15.7 Å². The van der Waals surface area contributed by atoms with Gasteiger partial charge >= 0.3 is 0 Å². The minimum absolute atomic E-state index is 0.0448. The largest absolute Gasteiger partial charge is 0.484 e. The van der Waals surface area contributed by atoms with Gasteiger partial charge in [0.15, 0.2) is 11.0 Å². The van der Waals surface area contributed by atoms with Crippen molar-refractivity contribution in [1.82, 2.24) is 14.8 Å². The molecule has 3 rings (SSSR count). The molecule has 0 unspecified atom stereocenters. The molecule has 11 heteroatoms. The number of hydrogen-bond donors (Lipinski definition) is 1. The number of halogens is 1. The molecule has 1 heterocycles. The number of nitrogens with one attached hydrogen (secondary N) is 1. The number of thioether (sulfide) groups is 1. The summed E-state index contributed by atoms with van der Waals surface area (Å²) in [5.74, 6) is 0.926. The van der Waals surface area contributed by atoms with E-state index in [-0.39, 0.29) is 24.0 Å². The number of hydrogen-bond acceptors (Lipinski definition) is 7. The average molecular weight is 474 g/mol. The second-order valence-corrected chi connectivity index (χ2v) is 8.01. The Bertz CT molecular complexity index is 1130. The minimum atomic E-state index is -0.498. The Hall–Kier alpha value is -3.37. The highest BCUT2D eigenvalue weighted by molar-refractivity contribution is 7.99. The maximum Gasteiger partial charge on any atom is 0.269 e. The summed E-state index contributed by atoms with van der Waals surface area (Å²) in [7, 11) is 0. The Morgan fingerprint density at radius 2 is 2.06 bits per heavy atom. The first kappa shape index (κ1) is 23.3. The number of nitro groups is 1. The summed E-state index contributed by atoms with van der Waals surface area (Å²) >= 11 is 7.39. The van der Waals surface area contributed by atoms with Gasteiger partial charge in [0, 0.05) is 24.4 Å². The highest BCUT2D eigenvalue weighted by atomic mass is 35.5. The monoisotopic (exact) mass is 473 g/mol. The molecule has 0 aliphatic carbocycles. The first-order chi connectivity index (χ1) is 15.4. The van der Waals surface area contributed by atoms with Crippen molar-refractivity contribution in [2.45, 2.75) is 25.2 Å². The normalized spacial score (nSPS) is 10.6. The van der Waals surface area contributed by atoms with E-state index in [1.54, 1.807) is 16.7 Å². The fourth-order valence-corrected chi connectivity index (χ4v) is 3.64. The lowest BCUT2D eigenvalue weighted by atomic mass is 10.2. The Kier molecular flexibility index (Phi) is 7.85. The fourth-order valence-electron chi connectivity index (χ4n) is 2.70. The second kappa shape index (κ2) is 10.8. The Balaban J connectivity index is 1.61. The van der Waals surface area contributed by atoms with Crippen LogP contribution in [-0.2, 0) is 17.9 Å². The predicted molar refractivity (Wildman–Crippen MR) is 123 cm³/mol. The van der Waals surface area contributed by atoms with Crippen LogP contribution in [0.5, 0.6) is 5.75 Å². The summed E-state index contributed by atoms with van der Waals surface area (Å²) in [6.07, 6.45) is 1.70. The van der Waals surface area contributed by atoms with Crippen LogP contribution in [-0.4, -0.2) is 31.3 Å². The van der Waals surface area contributed by atoms with Crippen molar-refractivity contribution in [3.8, 4) is 5.75 Å². The number of anilines is 1. The summed E-state index contributed by atoms with van der Waals surface area (Å²) in [5, 5.41) is 22.8. The molecule has 9 nitrogen and oxygen atoms in total. The predicted octanol–water partition coefficient (Wildman–Crippen LogP) is 4.64. The molecule has 0 radical (unpaired) electrons. The first-order valence-corrected chi connectivity index (χ1v) is 10.8. The van der Waals surface area contributed by atoms with Crippen molar-refractivity contribution in [1.29, 1.82) is 0 Å². The number of allylic oxidation sites excluding steroid dienone is 1. The van der Waals surface area contributed by atoms with Crippen molar-refractivity contribution in [3.63, 3.8) is 0 Å². The van der Waals surface area contributed by atoms with Gasteiger partial charge in [-0.1, -0.05) is 35.5 Å². The maximum absolute atomic E-state index is 12.3. The number of aromatic nitrogens is 3. The van der Waals surface area contributed by atoms with E-state index in [4.69, 9.17) is 16.3 Å². The molecule has 3 aromatic rings. The van der Waals surface area contributed by atoms with Crippen LogP contribution in [0, 0.1) is 17.0 Å². The summed E-state index contributed by atoms with van der Waals surface area (Å²) in [4.78, 5) is 22.5. The van der Waals surface area contributed by atoms with Crippen LogP contribution in [0.4, 0.5) is 11.4 Å². The molecular formula is C21H20ClN5O4S. The van der Waals surface area contributed by atoms with Crippen molar-refractivity contribution in [2.24, 2.45) is 0 Å². The molecule has 0 bridgehead atoms. The van der Waals surface area contributed by atoms with E-state index in [0.717, 1.165) is 5.56 Å². The number of benzene rings is 2. The second-order valence-electron chi connectivity index (χ2n) is 6.66. The molecule has 1 N–H and O–H groups in total. The van der Waals surface area contributed by atoms with Gasteiger partial charge in [0.25, 0.3) is 5.69 Å². The number of nitrogens with zero attached hydrogens (tertiary/aromatic N) is 4. The standard InChI is InChI=1S/C21H20ClN5O4S/c1-3-10-26-19(12-31-18-11-14(2)4-9-17(18)22)24-25-21(26)32-13-20(28)23-15-5-7-16(8-6-15)27(29)30/h3-9,11H,1,10,12-13H2,2H3,(H,23,28). The lowest BCUT2D eigenvalue weighted by Crippen LogP contribution is -2.15. The number of nitro benzene ring substituents is 1. The molecule has 0 spiro atoms. The van der Waals surface area contributed by atoms with Crippen LogP contribution in [0.2, 0.25) is 5.02 Å². The minimum Gasteiger partial charge on any atom is -0.484 e. The van der Waals surface area contributed by atoms with E-state index >= 15 is 0 Å². The molecule has 0 atom stereocenters. The van der Waals surface area contributed by atoms with Crippen LogP contribution >= 0.6 is 23.4 Å². The van der Waals surface area contributed by atoms with Crippen molar-refractivity contribution < 1.29 is 14.5 Å². The Labute approximate surface area is 193 Å². The third kappa shape index (κ3) is 6.08. The number of carbonyl (C=O) groups excluding carboxylic acids is 1. The zero-order valence-electron chi connectivity index (χ0n) is 17.2. The van der Waals surface area contributed by atoms with E-state index < -0.39 is 4.92 Å². The molecule has 0 fully saturated rings. The number of amides is 1. The highest BCUT2D eigenvalue weighted by Crippen LogP contribution is 2.26. The number of non-ortho nitro benzene ring substituents is 1. The lowest BCUT2D eigenvalue weighted by molar-refractivity contribution is -0.384. The van der Waals surface area contributed by atoms with E-state index in [1.165, 1.54) is 36.0 Å². The summed E-state index contributed by atoms with van der Waals surface area (Å²) in [6.45, 7) is 6.30. The summed E-state index contributed by atoms with van der Waals surface area (Å²) in [5.41, 5.74) is 1.45. The molecule has 0 aliphatic heterocycles. The van der Waals surface area contributed by atoms with Gasteiger partial charge < -0.3 is 10.1 Å². The third-order valence-corrected chi connectivity index (χ3v) is 5.52. The topological polar surface area (TPSA) is 112 Å². The van der Waals surface area contributed by atoms with E-state index in [9.17, 15) is 14.9 Å². The molecule has 0 saturated carbocycles. The van der Waals surface area contributed by atoms with Gasteiger partial charge in [-0.2, -0.15) is 0 Å². The Morgan fingerprint density at radius 1 is 1.31 bits per heavy atom. The highest BCUT2D eigenvalue weighted by Gasteiger charge is 2.15. The van der Waals surface area contributed by atoms with Gasteiger partial charge in [0.2, 0.25) is 5.91 Å². The van der Waals surface area contributed by atoms with Crippen molar-refractivity contribution >= 4 is 40.6 Å². The molecule has 0 saturated heterocycles. The van der Waals surface area contributed by atoms with Crippen molar-refractivity contribution in [3.05, 3.63) is 81.6 Å². The smallest absolute Gasteiger partial charge is 0.269 e. The van der Waals surface area contributed by atoms with Crippen LogP contribution < -0.4 is 10.1 Å². The number of aryl methyl sites for hydroxylation is 1. The Morgan fingerprint density at radius 3 is 2.75 bits per heavy atom. The van der Waals surface area contributed by atoms with Crippen LogP contribution in [0.15, 0.2) is 60.3 Å². The number of carbonyl (C=O) groups is 1. The molecule has 1 amide bonds. The fraction of sp³-hybridized carbons (Fsp3) is 0.190. The zero-order chi connectivity index (χ0) is 23.1. The summed E-state index contributed by atoms with van der Waals surface area (Å²) < 4.78 is 7.62. The lowest BCUT2D eigenvalue weighted by Gasteiger charge is -2.10. The summed E-state index contributed by atoms with van der Waals surface area (Å²) in [6, 6.07) is 11.1. The van der Waals surface area contributed by atoms with Gasteiger partial charge in [-0.15, -0.1) is 16.8 Å². The molecule has 2 aromatic carbocycles.